The van der Waals surface area contributed by atoms with Crippen molar-refractivity contribution in [1.82, 2.24) is 4.57 Å². The van der Waals surface area contributed by atoms with Crippen molar-refractivity contribution in [3.63, 3.8) is 0 Å². The van der Waals surface area contributed by atoms with Gasteiger partial charge in [0.2, 0.25) is 0 Å². The van der Waals surface area contributed by atoms with E-state index in [0.717, 1.165) is 22.0 Å². The zero-order valence-electron chi connectivity index (χ0n) is 15.5. The molecule has 4 heteroatoms. The lowest BCUT2D eigenvalue weighted by molar-refractivity contribution is 0.627. The Kier molecular flexibility index (Phi) is 4.93. The summed E-state index contributed by atoms with van der Waals surface area (Å²) in [6.07, 6.45) is 3.81. The van der Waals surface area contributed by atoms with Crippen molar-refractivity contribution < 1.29 is 4.39 Å². The molecule has 0 radical (unpaired) electrons. The van der Waals surface area contributed by atoms with Crippen molar-refractivity contribution in [3.05, 3.63) is 107 Å². The van der Waals surface area contributed by atoms with Gasteiger partial charge in [-0.2, -0.15) is 10.5 Å². The number of benzene rings is 3. The van der Waals surface area contributed by atoms with Crippen LogP contribution in [0, 0.1) is 28.5 Å². The van der Waals surface area contributed by atoms with Gasteiger partial charge in [-0.1, -0.05) is 48.5 Å². The minimum Gasteiger partial charge on any atom is -0.342 e. The molecule has 3 nitrogen and oxygen atoms in total. The predicted octanol–water partition coefficient (Wildman–Crippen LogP) is 5.76. The van der Waals surface area contributed by atoms with Gasteiger partial charge < -0.3 is 4.57 Å². The molecule has 0 saturated carbocycles. The fourth-order valence-corrected chi connectivity index (χ4v) is 3.44. The second-order valence-electron chi connectivity index (χ2n) is 6.68. The molecule has 0 aliphatic carbocycles. The van der Waals surface area contributed by atoms with Gasteiger partial charge in [-0.05, 0) is 41.5 Å². The molecule has 0 amide bonds. The standard InChI is InChI=1S/C25H16FN3/c26-23-11-9-18(10-12-23)21(15-28)13-22-17-29(25-8-4-3-7-24(22)25)16-20-6-2-1-5-19(20)14-27/h1-13,17H,16H2. The van der Waals surface area contributed by atoms with Gasteiger partial charge in [-0.15, -0.1) is 0 Å². The minimum absolute atomic E-state index is 0.334. The van der Waals surface area contributed by atoms with Crippen LogP contribution in [0.3, 0.4) is 0 Å². The van der Waals surface area contributed by atoms with E-state index < -0.39 is 0 Å². The van der Waals surface area contributed by atoms with E-state index in [1.54, 1.807) is 12.1 Å². The normalized spacial score (nSPS) is 11.2. The van der Waals surface area contributed by atoms with Crippen molar-refractivity contribution >= 4 is 22.6 Å². The number of allylic oxidation sites excluding steroid dienone is 1. The molecule has 138 valence electrons. The molecule has 0 saturated heterocycles. The molecular weight excluding hydrogens is 361 g/mol. The first kappa shape index (κ1) is 18.2. The fraction of sp³-hybridized carbons (Fsp3) is 0.0400. The molecular formula is C25H16FN3. The highest BCUT2D eigenvalue weighted by Gasteiger charge is 2.10. The third-order valence-electron chi connectivity index (χ3n) is 4.87. The van der Waals surface area contributed by atoms with Crippen LogP contribution in [0.2, 0.25) is 0 Å². The third kappa shape index (κ3) is 3.65. The lowest BCUT2D eigenvalue weighted by Gasteiger charge is -2.07. The SMILES string of the molecule is N#CC(=Cc1cn(Cc2ccccc2C#N)c2ccccc12)c1ccc(F)cc1. The highest BCUT2D eigenvalue weighted by Crippen LogP contribution is 2.27. The van der Waals surface area contributed by atoms with E-state index >= 15 is 0 Å². The maximum absolute atomic E-state index is 13.2. The summed E-state index contributed by atoms with van der Waals surface area (Å²) in [5, 5.41) is 20.0. The van der Waals surface area contributed by atoms with Crippen molar-refractivity contribution in [2.75, 3.05) is 0 Å². The van der Waals surface area contributed by atoms with E-state index in [-0.39, 0.29) is 5.82 Å². The van der Waals surface area contributed by atoms with E-state index in [4.69, 9.17) is 0 Å². The summed E-state index contributed by atoms with van der Waals surface area (Å²) >= 11 is 0. The monoisotopic (exact) mass is 377 g/mol. The zero-order chi connectivity index (χ0) is 20.2. The Hall–Kier alpha value is -4.15. The maximum Gasteiger partial charge on any atom is 0.123 e. The van der Waals surface area contributed by atoms with Crippen molar-refractivity contribution in [2.45, 2.75) is 6.54 Å². The lowest BCUT2D eigenvalue weighted by atomic mass is 10.0. The Morgan fingerprint density at radius 1 is 0.931 bits per heavy atom. The Bertz CT molecular complexity index is 1300. The summed E-state index contributed by atoms with van der Waals surface area (Å²) in [5.74, 6) is -0.334. The summed E-state index contributed by atoms with van der Waals surface area (Å²) < 4.78 is 15.3. The van der Waals surface area contributed by atoms with E-state index in [0.29, 0.717) is 23.2 Å². The number of nitrogens with zero attached hydrogens (tertiary/aromatic N) is 3. The molecule has 4 aromatic rings. The first-order chi connectivity index (χ1) is 14.2. The fourth-order valence-electron chi connectivity index (χ4n) is 3.44. The molecule has 1 heterocycles. The summed E-state index contributed by atoms with van der Waals surface area (Å²) in [4.78, 5) is 0. The molecule has 1 aromatic heterocycles. The van der Waals surface area contributed by atoms with E-state index in [1.165, 1.54) is 12.1 Å². The number of fused-ring (bicyclic) bond motifs is 1. The summed E-state index contributed by atoms with van der Waals surface area (Å²) in [6, 6.07) is 25.8. The summed E-state index contributed by atoms with van der Waals surface area (Å²) in [5.41, 5.74) is 4.63. The topological polar surface area (TPSA) is 52.5 Å². The van der Waals surface area contributed by atoms with Gasteiger partial charge in [0, 0.05) is 29.2 Å². The molecule has 0 aliphatic heterocycles. The second-order valence-corrected chi connectivity index (χ2v) is 6.68. The number of para-hydroxylation sites is 1. The maximum atomic E-state index is 13.2. The van der Waals surface area contributed by atoms with Crippen LogP contribution in [0.25, 0.3) is 22.6 Å². The number of aromatic nitrogens is 1. The first-order valence-corrected chi connectivity index (χ1v) is 9.13. The number of hydrogen-bond donors (Lipinski definition) is 0. The average molecular weight is 377 g/mol. The van der Waals surface area contributed by atoms with Crippen LogP contribution in [0.15, 0.2) is 79.0 Å². The molecule has 0 aliphatic rings. The van der Waals surface area contributed by atoms with Crippen LogP contribution >= 0.6 is 0 Å². The Morgan fingerprint density at radius 3 is 2.41 bits per heavy atom. The largest absolute Gasteiger partial charge is 0.342 e. The number of rotatable bonds is 4. The number of hydrogen-bond acceptors (Lipinski definition) is 2. The predicted molar refractivity (Wildman–Crippen MR) is 112 cm³/mol. The molecule has 0 unspecified atom stereocenters. The zero-order valence-corrected chi connectivity index (χ0v) is 15.5. The molecule has 0 N–H and O–H groups in total. The van der Waals surface area contributed by atoms with Crippen LogP contribution in [-0.2, 0) is 6.54 Å². The van der Waals surface area contributed by atoms with Crippen LogP contribution in [0.1, 0.15) is 22.3 Å². The van der Waals surface area contributed by atoms with Gasteiger partial charge in [-0.25, -0.2) is 4.39 Å². The van der Waals surface area contributed by atoms with Crippen molar-refractivity contribution in [3.8, 4) is 12.1 Å². The Labute approximate surface area is 168 Å². The average Bonchev–Trinajstić information content (AvgIpc) is 3.10. The third-order valence-corrected chi connectivity index (χ3v) is 4.87. The molecule has 4 rings (SSSR count). The van der Waals surface area contributed by atoms with Gasteiger partial charge in [0.1, 0.15) is 5.82 Å². The quantitative estimate of drug-likeness (QED) is 0.424. The first-order valence-electron chi connectivity index (χ1n) is 9.13. The smallest absolute Gasteiger partial charge is 0.123 e. The molecule has 3 aromatic carbocycles. The van der Waals surface area contributed by atoms with Crippen molar-refractivity contribution in [2.24, 2.45) is 0 Å². The molecule has 0 bridgehead atoms. The number of halogens is 1. The Morgan fingerprint density at radius 2 is 1.66 bits per heavy atom. The van der Waals surface area contributed by atoms with Crippen LogP contribution in [0.5, 0.6) is 0 Å². The number of nitriles is 2. The Balaban J connectivity index is 1.81. The van der Waals surface area contributed by atoms with Crippen LogP contribution in [-0.4, -0.2) is 4.57 Å². The van der Waals surface area contributed by atoms with Gasteiger partial charge in [-0.3, -0.25) is 0 Å². The minimum atomic E-state index is -0.334. The van der Waals surface area contributed by atoms with Gasteiger partial charge in [0.05, 0.1) is 23.3 Å². The van der Waals surface area contributed by atoms with Gasteiger partial charge in [0.25, 0.3) is 0 Å². The molecule has 29 heavy (non-hydrogen) atoms. The van der Waals surface area contributed by atoms with E-state index in [2.05, 4.69) is 16.7 Å². The highest BCUT2D eigenvalue weighted by molar-refractivity contribution is 5.98. The van der Waals surface area contributed by atoms with Gasteiger partial charge >= 0.3 is 0 Å². The lowest BCUT2D eigenvalue weighted by Crippen LogP contribution is -2.00. The van der Waals surface area contributed by atoms with Crippen molar-refractivity contribution in [1.29, 1.82) is 10.5 Å². The summed E-state index contributed by atoms with van der Waals surface area (Å²) in [7, 11) is 0. The molecule has 0 fully saturated rings. The van der Waals surface area contributed by atoms with E-state index in [1.807, 2.05) is 60.8 Å². The van der Waals surface area contributed by atoms with Crippen LogP contribution < -0.4 is 0 Å². The van der Waals surface area contributed by atoms with Crippen LogP contribution in [0.4, 0.5) is 4.39 Å². The highest BCUT2D eigenvalue weighted by atomic mass is 19.1. The van der Waals surface area contributed by atoms with Gasteiger partial charge in [0.15, 0.2) is 0 Å². The summed E-state index contributed by atoms with van der Waals surface area (Å²) in [6.45, 7) is 0.552. The molecule has 0 spiro atoms. The molecule has 0 atom stereocenters. The second kappa shape index (κ2) is 7.84. The van der Waals surface area contributed by atoms with E-state index in [9.17, 15) is 14.9 Å².